The monoisotopic (exact) mass is 444 g/mol. The third-order valence-corrected chi connectivity index (χ3v) is 6.49. The summed E-state index contributed by atoms with van der Waals surface area (Å²) in [7, 11) is -1.10. The fourth-order valence-corrected chi connectivity index (χ4v) is 4.92. The lowest BCUT2D eigenvalue weighted by atomic mass is 10.2. The van der Waals surface area contributed by atoms with Gasteiger partial charge in [-0.05, 0) is 18.2 Å². The van der Waals surface area contributed by atoms with Crippen molar-refractivity contribution in [3.63, 3.8) is 0 Å². The molecule has 3 rings (SSSR count). The Morgan fingerprint density at radius 2 is 2.10 bits per heavy atom. The van der Waals surface area contributed by atoms with Crippen molar-refractivity contribution in [2.45, 2.75) is 4.90 Å². The summed E-state index contributed by atoms with van der Waals surface area (Å²) >= 11 is 5.96. The maximum absolute atomic E-state index is 14.3. The molecule has 8 nitrogen and oxygen atoms in total. The molecule has 11 heteroatoms. The third-order valence-electron chi connectivity index (χ3n) is 4.29. The first kappa shape index (κ1) is 21.3. The van der Waals surface area contributed by atoms with E-state index in [-0.39, 0.29) is 40.1 Å². The minimum absolute atomic E-state index is 0.0585. The van der Waals surface area contributed by atoms with Gasteiger partial charge in [0.2, 0.25) is 11.8 Å². The highest BCUT2D eigenvalue weighted by Crippen LogP contribution is 2.44. The number of hydrogen-bond acceptors (Lipinski definition) is 8. The van der Waals surface area contributed by atoms with Gasteiger partial charge in [-0.25, -0.2) is 13.2 Å². The summed E-state index contributed by atoms with van der Waals surface area (Å²) in [5, 5.41) is -0.585. The zero-order valence-corrected chi connectivity index (χ0v) is 17.2. The first-order chi connectivity index (χ1) is 13.8. The third kappa shape index (κ3) is 4.29. The second-order valence-electron chi connectivity index (χ2n) is 6.12. The number of nitrogens with zero attached hydrogens (tertiary/aromatic N) is 2. The van der Waals surface area contributed by atoms with Crippen LogP contribution in [0, 0.1) is 5.95 Å². The van der Waals surface area contributed by atoms with Crippen molar-refractivity contribution in [2.75, 3.05) is 44.6 Å². The molecule has 1 aliphatic rings. The average Bonchev–Trinajstić information content (AvgIpc) is 2.70. The number of rotatable bonds is 6. The number of pyridine rings is 1. The van der Waals surface area contributed by atoms with E-state index < -0.39 is 26.8 Å². The number of fused-ring (bicyclic) bond motifs is 1. The molecular weight excluding hydrogens is 427 g/mol. The summed E-state index contributed by atoms with van der Waals surface area (Å²) in [6.07, 6.45) is 0. The smallest absolute Gasteiger partial charge is 0.337 e. The number of aromatic nitrogens is 1. The Hall–Kier alpha value is -2.43. The maximum atomic E-state index is 14.3. The Morgan fingerprint density at radius 1 is 1.34 bits per heavy atom. The molecule has 0 bridgehead atoms. The predicted molar refractivity (Wildman–Crippen MR) is 103 cm³/mol. The average molecular weight is 445 g/mol. The van der Waals surface area contributed by atoms with Gasteiger partial charge in [0, 0.05) is 20.2 Å². The van der Waals surface area contributed by atoms with Gasteiger partial charge < -0.3 is 19.1 Å². The van der Waals surface area contributed by atoms with Crippen LogP contribution >= 0.6 is 11.6 Å². The van der Waals surface area contributed by atoms with Crippen LogP contribution in [-0.2, 0) is 19.3 Å². The Morgan fingerprint density at radius 3 is 2.79 bits per heavy atom. The summed E-state index contributed by atoms with van der Waals surface area (Å²) in [4.78, 5) is 16.7. The van der Waals surface area contributed by atoms with Crippen LogP contribution in [0.2, 0.25) is 5.02 Å². The van der Waals surface area contributed by atoms with Gasteiger partial charge in [0.25, 0.3) is 0 Å². The lowest BCUT2D eigenvalue weighted by molar-refractivity contribution is 0.0600. The molecule has 0 atom stereocenters. The Balaban J connectivity index is 2.12. The molecule has 0 saturated heterocycles. The molecule has 0 radical (unpaired) electrons. The van der Waals surface area contributed by atoms with Crippen LogP contribution in [0.3, 0.4) is 0 Å². The second-order valence-corrected chi connectivity index (χ2v) is 8.54. The lowest BCUT2D eigenvalue weighted by Gasteiger charge is -2.32. The molecule has 0 amide bonds. The summed E-state index contributed by atoms with van der Waals surface area (Å²) in [6.45, 7) is 0.758. The first-order valence-corrected chi connectivity index (χ1v) is 10.5. The van der Waals surface area contributed by atoms with Crippen LogP contribution in [0.25, 0.3) is 0 Å². The Bertz CT molecular complexity index is 1050. The molecule has 29 heavy (non-hydrogen) atoms. The van der Waals surface area contributed by atoms with E-state index in [0.29, 0.717) is 13.2 Å². The molecule has 0 aliphatic carbocycles. The molecule has 2 aromatic rings. The number of sulfone groups is 1. The number of benzene rings is 1. The summed E-state index contributed by atoms with van der Waals surface area (Å²) < 4.78 is 55.0. The largest absolute Gasteiger partial charge is 0.465 e. The van der Waals surface area contributed by atoms with Gasteiger partial charge in [-0.3, -0.25) is 0 Å². The van der Waals surface area contributed by atoms with Crippen LogP contribution in [0.15, 0.2) is 29.2 Å². The minimum Gasteiger partial charge on any atom is -0.465 e. The number of methoxy groups -OCH3 is 2. The molecule has 156 valence electrons. The molecule has 2 heterocycles. The van der Waals surface area contributed by atoms with Crippen LogP contribution in [0.1, 0.15) is 10.4 Å². The van der Waals surface area contributed by atoms with E-state index in [2.05, 4.69) is 9.72 Å². The number of carbonyl (C=O) groups excluding carboxylic acids is 1. The van der Waals surface area contributed by atoms with Gasteiger partial charge in [0.05, 0.1) is 25.0 Å². The van der Waals surface area contributed by atoms with Crippen molar-refractivity contribution < 1.29 is 31.8 Å². The molecular formula is C18H18ClFN2O6S. The quantitative estimate of drug-likeness (QED) is 0.495. The molecule has 0 fully saturated rings. The van der Waals surface area contributed by atoms with Gasteiger partial charge in [0.1, 0.15) is 21.4 Å². The summed E-state index contributed by atoms with van der Waals surface area (Å²) in [5.74, 6) is -2.11. The van der Waals surface area contributed by atoms with E-state index in [1.165, 1.54) is 32.4 Å². The van der Waals surface area contributed by atoms with Gasteiger partial charge in [0.15, 0.2) is 9.84 Å². The van der Waals surface area contributed by atoms with E-state index in [0.717, 1.165) is 0 Å². The van der Waals surface area contributed by atoms with E-state index in [9.17, 15) is 17.6 Å². The predicted octanol–water partition coefficient (Wildman–Crippen LogP) is 2.69. The molecule has 1 aliphatic heterocycles. The van der Waals surface area contributed by atoms with Gasteiger partial charge in [-0.1, -0.05) is 17.7 Å². The van der Waals surface area contributed by atoms with Crippen molar-refractivity contribution in [2.24, 2.45) is 0 Å². The molecule has 0 spiro atoms. The second kappa shape index (κ2) is 8.52. The normalized spacial score (nSPS) is 15.0. The van der Waals surface area contributed by atoms with E-state index in [4.69, 9.17) is 21.1 Å². The highest BCUT2D eigenvalue weighted by molar-refractivity contribution is 7.91. The first-order valence-electron chi connectivity index (χ1n) is 8.50. The standard InChI is InChI=1S/C18H18ClFN2O6S/c1-26-8-6-22-7-9-29(24,25)15-13(19)16(20)21-17(14(15)22)28-12-5-3-4-11(10-12)18(23)27-2/h3-5,10H,6-9H2,1-2H3. The zero-order valence-electron chi connectivity index (χ0n) is 15.6. The van der Waals surface area contributed by atoms with Crippen LogP contribution < -0.4 is 9.64 Å². The Kier molecular flexibility index (Phi) is 6.25. The minimum atomic E-state index is -3.84. The van der Waals surface area contributed by atoms with Crippen molar-refractivity contribution in [3.8, 4) is 11.6 Å². The number of ether oxygens (including phenoxy) is 3. The van der Waals surface area contributed by atoms with Crippen molar-refractivity contribution in [3.05, 3.63) is 40.8 Å². The highest BCUT2D eigenvalue weighted by Gasteiger charge is 2.36. The van der Waals surface area contributed by atoms with Gasteiger partial charge >= 0.3 is 5.97 Å². The van der Waals surface area contributed by atoms with Gasteiger partial charge in [-0.15, -0.1) is 0 Å². The molecule has 1 aromatic carbocycles. The molecule has 0 N–H and O–H groups in total. The van der Waals surface area contributed by atoms with Crippen molar-refractivity contribution in [1.82, 2.24) is 4.98 Å². The topological polar surface area (TPSA) is 95.0 Å². The van der Waals surface area contributed by atoms with E-state index >= 15 is 0 Å². The number of hydrogen-bond donors (Lipinski definition) is 0. The summed E-state index contributed by atoms with van der Waals surface area (Å²) in [5.41, 5.74) is 0.264. The fraction of sp³-hybridized carbons (Fsp3) is 0.333. The number of carbonyl (C=O) groups is 1. The fourth-order valence-electron chi connectivity index (χ4n) is 2.91. The van der Waals surface area contributed by atoms with Gasteiger partial charge in [-0.2, -0.15) is 9.37 Å². The van der Waals surface area contributed by atoms with E-state index in [1.807, 2.05) is 0 Å². The zero-order chi connectivity index (χ0) is 21.2. The Labute approximate surface area is 172 Å². The number of esters is 1. The number of anilines is 1. The molecule has 0 saturated carbocycles. The summed E-state index contributed by atoms with van der Waals surface area (Å²) in [6, 6.07) is 5.95. The van der Waals surface area contributed by atoms with Crippen molar-refractivity contribution in [1.29, 1.82) is 0 Å². The lowest BCUT2D eigenvalue weighted by Crippen LogP contribution is -2.38. The van der Waals surface area contributed by atoms with Crippen LogP contribution in [0.4, 0.5) is 10.1 Å². The number of halogens is 2. The van der Waals surface area contributed by atoms with E-state index in [1.54, 1.807) is 11.0 Å². The van der Waals surface area contributed by atoms with Crippen molar-refractivity contribution >= 4 is 33.1 Å². The highest BCUT2D eigenvalue weighted by atomic mass is 35.5. The maximum Gasteiger partial charge on any atom is 0.337 e. The SMILES string of the molecule is COCCN1CCS(=O)(=O)c2c(Cl)c(F)nc(Oc3cccc(C(=O)OC)c3)c21. The molecule has 1 aromatic heterocycles. The van der Waals surface area contributed by atoms with Crippen LogP contribution in [0.5, 0.6) is 11.6 Å². The molecule has 0 unspecified atom stereocenters. The van der Waals surface area contributed by atoms with Crippen LogP contribution in [-0.4, -0.2) is 59.0 Å².